The summed E-state index contributed by atoms with van der Waals surface area (Å²) in [4.78, 5) is 24.4. The minimum atomic E-state index is -0.427. The number of aliphatic hydroxyl groups excluding tert-OH is 1. The minimum absolute atomic E-state index is 0.000106. The Morgan fingerprint density at radius 2 is 2.04 bits per heavy atom. The van der Waals surface area contributed by atoms with E-state index in [2.05, 4.69) is 32.9 Å². The summed E-state index contributed by atoms with van der Waals surface area (Å²) in [7, 11) is 0. The lowest BCUT2D eigenvalue weighted by molar-refractivity contribution is -0.138. The number of aliphatic hydroxyl groups is 1. The van der Waals surface area contributed by atoms with Gasteiger partial charge >= 0.3 is 0 Å². The SMILES string of the molecule is C[C@]12C=CC(=O)C=C1CCC1C2=CC[C@@]2(C)C1CC[C@]2(C)C(=O)CO. The van der Waals surface area contributed by atoms with E-state index in [1.54, 1.807) is 6.08 Å². The van der Waals surface area contributed by atoms with Crippen LogP contribution in [0, 0.1) is 28.1 Å². The van der Waals surface area contributed by atoms with Crippen molar-refractivity contribution in [3.63, 3.8) is 0 Å². The third kappa shape index (κ3) is 2.02. The molecule has 3 heteroatoms. The van der Waals surface area contributed by atoms with Gasteiger partial charge in [-0.15, -0.1) is 0 Å². The summed E-state index contributed by atoms with van der Waals surface area (Å²) in [6, 6.07) is 0. The molecule has 0 amide bonds. The number of hydrogen-bond acceptors (Lipinski definition) is 3. The van der Waals surface area contributed by atoms with Crippen LogP contribution in [0.4, 0.5) is 0 Å². The van der Waals surface area contributed by atoms with Gasteiger partial charge in [0, 0.05) is 10.8 Å². The molecule has 0 aromatic heterocycles. The molecule has 0 heterocycles. The number of carbonyl (C=O) groups is 2. The normalized spacial score (nSPS) is 45.2. The maximum absolute atomic E-state index is 12.6. The van der Waals surface area contributed by atoms with Crippen molar-refractivity contribution in [3.05, 3.63) is 35.5 Å². The highest BCUT2D eigenvalue weighted by Gasteiger charge is 2.62. The lowest BCUT2D eigenvalue weighted by Gasteiger charge is -2.54. The van der Waals surface area contributed by atoms with Crippen LogP contribution >= 0.6 is 0 Å². The number of Topliss-reactive ketones (excluding diaryl/α,β-unsaturated/α-hetero) is 1. The van der Waals surface area contributed by atoms with Crippen LogP contribution in [0.1, 0.15) is 52.9 Å². The minimum Gasteiger partial charge on any atom is -0.389 e. The summed E-state index contributed by atoms with van der Waals surface area (Å²) in [6.45, 7) is 6.23. The van der Waals surface area contributed by atoms with Crippen LogP contribution in [0.25, 0.3) is 0 Å². The lowest BCUT2D eigenvalue weighted by Crippen LogP contribution is -2.49. The van der Waals surface area contributed by atoms with Crippen molar-refractivity contribution in [2.45, 2.75) is 52.9 Å². The standard InChI is InChI=1S/C22H28O3/c1-20-9-6-15(24)12-14(20)4-5-16-17(20)7-10-21(2)18(16)8-11-22(21,3)19(25)13-23/h6-7,9,12,16,18,23H,4-5,8,10-11,13H2,1-3H3/t16?,18?,20-,21-,22+/m0/s1. The van der Waals surface area contributed by atoms with Crippen LogP contribution < -0.4 is 0 Å². The molecule has 2 unspecified atom stereocenters. The molecule has 2 saturated carbocycles. The van der Waals surface area contributed by atoms with E-state index in [4.69, 9.17) is 0 Å². The maximum Gasteiger partial charge on any atom is 0.178 e. The summed E-state index contributed by atoms with van der Waals surface area (Å²) in [5, 5.41) is 9.50. The molecule has 4 rings (SSSR count). The average molecular weight is 340 g/mol. The molecule has 25 heavy (non-hydrogen) atoms. The van der Waals surface area contributed by atoms with Gasteiger partial charge in [-0.1, -0.05) is 37.1 Å². The van der Waals surface area contributed by atoms with Crippen molar-refractivity contribution >= 4 is 11.6 Å². The number of allylic oxidation sites excluding steroid dienone is 6. The Bertz CT molecular complexity index is 742. The molecular weight excluding hydrogens is 312 g/mol. The first-order chi connectivity index (χ1) is 11.8. The zero-order valence-electron chi connectivity index (χ0n) is 15.5. The second-order valence-electron chi connectivity index (χ2n) is 9.09. The van der Waals surface area contributed by atoms with Crippen molar-refractivity contribution in [2.24, 2.45) is 28.1 Å². The molecule has 0 aromatic carbocycles. The monoisotopic (exact) mass is 340 g/mol. The quantitative estimate of drug-likeness (QED) is 0.778. The van der Waals surface area contributed by atoms with Gasteiger partial charge in [0.15, 0.2) is 11.6 Å². The predicted molar refractivity (Wildman–Crippen MR) is 96.8 cm³/mol. The fourth-order valence-corrected chi connectivity index (χ4v) is 6.41. The molecule has 4 aliphatic rings. The highest BCUT2D eigenvalue weighted by Crippen LogP contribution is 2.67. The van der Waals surface area contributed by atoms with E-state index >= 15 is 0 Å². The highest BCUT2D eigenvalue weighted by atomic mass is 16.3. The van der Waals surface area contributed by atoms with Crippen molar-refractivity contribution in [1.82, 2.24) is 0 Å². The molecule has 3 nitrogen and oxygen atoms in total. The van der Waals surface area contributed by atoms with Crippen LogP contribution in [-0.4, -0.2) is 23.3 Å². The Morgan fingerprint density at radius 1 is 1.28 bits per heavy atom. The van der Waals surface area contributed by atoms with Gasteiger partial charge in [0.2, 0.25) is 0 Å². The molecule has 1 N–H and O–H groups in total. The fourth-order valence-electron chi connectivity index (χ4n) is 6.41. The van der Waals surface area contributed by atoms with Gasteiger partial charge in [-0.25, -0.2) is 0 Å². The van der Waals surface area contributed by atoms with Gasteiger partial charge in [0.1, 0.15) is 6.61 Å². The van der Waals surface area contributed by atoms with E-state index in [0.29, 0.717) is 11.8 Å². The average Bonchev–Trinajstić information content (AvgIpc) is 2.87. The molecule has 0 aliphatic heterocycles. The van der Waals surface area contributed by atoms with Crippen LogP contribution in [0.15, 0.2) is 35.5 Å². The molecule has 5 atom stereocenters. The van der Waals surface area contributed by atoms with Gasteiger partial charge in [0.25, 0.3) is 0 Å². The molecule has 0 spiro atoms. The zero-order chi connectivity index (χ0) is 18.0. The van der Waals surface area contributed by atoms with Crippen molar-refractivity contribution in [3.8, 4) is 0 Å². The molecule has 2 fully saturated rings. The molecule has 134 valence electrons. The first kappa shape index (κ1) is 17.0. The Labute approximate surface area is 149 Å². The van der Waals surface area contributed by atoms with Gasteiger partial charge < -0.3 is 5.11 Å². The van der Waals surface area contributed by atoms with Crippen LogP contribution in [0.3, 0.4) is 0 Å². The smallest absolute Gasteiger partial charge is 0.178 e. The number of rotatable bonds is 2. The third-order valence-electron chi connectivity index (χ3n) is 8.31. The van der Waals surface area contributed by atoms with Gasteiger partial charge in [-0.05, 0) is 68.4 Å². The summed E-state index contributed by atoms with van der Waals surface area (Å²) in [5.41, 5.74) is 2.07. The van der Waals surface area contributed by atoms with Crippen LogP contribution in [0.2, 0.25) is 0 Å². The summed E-state index contributed by atoms with van der Waals surface area (Å²) >= 11 is 0. The molecular formula is C22H28O3. The van der Waals surface area contributed by atoms with E-state index in [9.17, 15) is 14.7 Å². The molecule has 0 saturated heterocycles. The van der Waals surface area contributed by atoms with E-state index < -0.39 is 5.41 Å². The Hall–Kier alpha value is -1.48. The number of ketones is 2. The second kappa shape index (κ2) is 5.26. The number of hydrogen-bond donors (Lipinski definition) is 1. The van der Waals surface area contributed by atoms with E-state index in [-0.39, 0.29) is 29.0 Å². The van der Waals surface area contributed by atoms with Gasteiger partial charge in [-0.2, -0.15) is 0 Å². The van der Waals surface area contributed by atoms with E-state index in [1.807, 2.05) is 6.08 Å². The topological polar surface area (TPSA) is 54.4 Å². The fraction of sp³-hybridized carbons (Fsp3) is 0.636. The molecule has 0 bridgehead atoms. The van der Waals surface area contributed by atoms with Crippen molar-refractivity contribution in [1.29, 1.82) is 0 Å². The largest absolute Gasteiger partial charge is 0.389 e. The Morgan fingerprint density at radius 3 is 2.76 bits per heavy atom. The third-order valence-corrected chi connectivity index (χ3v) is 8.31. The van der Waals surface area contributed by atoms with Crippen LogP contribution in [-0.2, 0) is 9.59 Å². The summed E-state index contributed by atoms with van der Waals surface area (Å²) in [6.07, 6.45) is 12.9. The van der Waals surface area contributed by atoms with Crippen molar-refractivity contribution in [2.75, 3.05) is 6.61 Å². The highest BCUT2D eigenvalue weighted by molar-refractivity contribution is 6.01. The molecule has 0 radical (unpaired) electrons. The number of fused-ring (bicyclic) bond motifs is 5. The van der Waals surface area contributed by atoms with E-state index in [0.717, 1.165) is 32.1 Å². The Balaban J connectivity index is 1.77. The number of carbonyl (C=O) groups excluding carboxylic acids is 2. The van der Waals surface area contributed by atoms with Crippen molar-refractivity contribution < 1.29 is 14.7 Å². The first-order valence-corrected chi connectivity index (χ1v) is 9.55. The second-order valence-corrected chi connectivity index (χ2v) is 9.09. The lowest BCUT2D eigenvalue weighted by atomic mass is 9.49. The van der Waals surface area contributed by atoms with Gasteiger partial charge in [-0.3, -0.25) is 9.59 Å². The zero-order valence-corrected chi connectivity index (χ0v) is 15.5. The summed E-state index contributed by atoms with van der Waals surface area (Å²) in [5.74, 6) is 1.07. The van der Waals surface area contributed by atoms with E-state index in [1.165, 1.54) is 11.1 Å². The maximum atomic E-state index is 12.6. The summed E-state index contributed by atoms with van der Waals surface area (Å²) < 4.78 is 0. The van der Waals surface area contributed by atoms with Gasteiger partial charge in [0.05, 0.1) is 0 Å². The molecule has 0 aromatic rings. The predicted octanol–water partition coefficient (Wildman–Crippen LogP) is 3.78. The van der Waals surface area contributed by atoms with Crippen LogP contribution in [0.5, 0.6) is 0 Å². The Kier molecular flexibility index (Phi) is 3.57. The first-order valence-electron chi connectivity index (χ1n) is 9.55. The molecule has 4 aliphatic carbocycles.